The standard InChI is InChI=1S/C13H13BrClN5/c1-2-19-8-16-18-13(19)7-20-11-5-9(14)3-4-10(11)17-12(20)6-15/h3-5,8H,2,6-7H2,1H3. The van der Waals surface area contributed by atoms with Crippen LogP contribution in [0.2, 0.25) is 0 Å². The third-order valence-electron chi connectivity index (χ3n) is 3.24. The van der Waals surface area contributed by atoms with E-state index < -0.39 is 0 Å². The van der Waals surface area contributed by atoms with Crippen LogP contribution in [-0.2, 0) is 19.0 Å². The maximum Gasteiger partial charge on any atom is 0.152 e. The van der Waals surface area contributed by atoms with Crippen molar-refractivity contribution in [3.63, 3.8) is 0 Å². The fourth-order valence-electron chi connectivity index (χ4n) is 2.23. The summed E-state index contributed by atoms with van der Waals surface area (Å²) in [6.07, 6.45) is 1.74. The summed E-state index contributed by atoms with van der Waals surface area (Å²) in [7, 11) is 0. The van der Waals surface area contributed by atoms with Crippen molar-refractivity contribution in [2.75, 3.05) is 0 Å². The Bertz CT molecular complexity index is 748. The third kappa shape index (κ3) is 2.33. The van der Waals surface area contributed by atoms with Gasteiger partial charge in [0.15, 0.2) is 5.82 Å². The Labute approximate surface area is 129 Å². The average molecular weight is 355 g/mol. The van der Waals surface area contributed by atoms with E-state index in [0.29, 0.717) is 12.4 Å². The van der Waals surface area contributed by atoms with Crippen molar-refractivity contribution in [3.8, 4) is 0 Å². The molecule has 1 aromatic carbocycles. The monoisotopic (exact) mass is 353 g/mol. The number of benzene rings is 1. The predicted octanol–water partition coefficient (Wildman–Crippen LogP) is 3.20. The highest BCUT2D eigenvalue weighted by Gasteiger charge is 2.13. The zero-order valence-electron chi connectivity index (χ0n) is 10.9. The summed E-state index contributed by atoms with van der Waals surface area (Å²) in [5.74, 6) is 2.11. The van der Waals surface area contributed by atoms with Gasteiger partial charge < -0.3 is 9.13 Å². The van der Waals surface area contributed by atoms with Gasteiger partial charge in [0.25, 0.3) is 0 Å². The van der Waals surface area contributed by atoms with Crippen LogP contribution in [0.5, 0.6) is 0 Å². The number of hydrogen-bond acceptors (Lipinski definition) is 3. The van der Waals surface area contributed by atoms with E-state index in [2.05, 4.69) is 42.6 Å². The summed E-state index contributed by atoms with van der Waals surface area (Å²) in [5.41, 5.74) is 1.98. The molecule has 5 nitrogen and oxygen atoms in total. The zero-order chi connectivity index (χ0) is 14.1. The Morgan fingerprint density at radius 1 is 1.30 bits per heavy atom. The van der Waals surface area contributed by atoms with E-state index in [1.165, 1.54) is 0 Å². The van der Waals surface area contributed by atoms with Crippen LogP contribution in [0.15, 0.2) is 29.0 Å². The van der Waals surface area contributed by atoms with E-state index in [1.54, 1.807) is 6.33 Å². The highest BCUT2D eigenvalue weighted by Crippen LogP contribution is 2.22. The van der Waals surface area contributed by atoms with Gasteiger partial charge in [-0.2, -0.15) is 0 Å². The van der Waals surface area contributed by atoms with Crippen LogP contribution in [-0.4, -0.2) is 24.3 Å². The molecule has 0 saturated carbocycles. The first-order valence-electron chi connectivity index (χ1n) is 6.30. The van der Waals surface area contributed by atoms with Gasteiger partial charge in [0.1, 0.15) is 12.2 Å². The Balaban J connectivity index is 2.11. The second-order valence-electron chi connectivity index (χ2n) is 4.41. The number of alkyl halides is 1. The van der Waals surface area contributed by atoms with Gasteiger partial charge >= 0.3 is 0 Å². The molecular weight excluding hydrogens is 342 g/mol. The predicted molar refractivity (Wildman–Crippen MR) is 81.8 cm³/mol. The lowest BCUT2D eigenvalue weighted by Crippen LogP contribution is -2.09. The Hall–Kier alpha value is -1.40. The summed E-state index contributed by atoms with van der Waals surface area (Å²) < 4.78 is 5.12. The van der Waals surface area contributed by atoms with Gasteiger partial charge in [0.2, 0.25) is 0 Å². The summed E-state index contributed by atoms with van der Waals surface area (Å²) in [6, 6.07) is 6.01. The molecule has 0 unspecified atom stereocenters. The van der Waals surface area contributed by atoms with Gasteiger partial charge in [0, 0.05) is 11.0 Å². The van der Waals surface area contributed by atoms with Crippen LogP contribution in [0.1, 0.15) is 18.6 Å². The van der Waals surface area contributed by atoms with E-state index in [9.17, 15) is 0 Å². The molecular formula is C13H13BrClN5. The molecule has 2 heterocycles. The van der Waals surface area contributed by atoms with E-state index in [1.807, 2.05) is 22.8 Å². The zero-order valence-corrected chi connectivity index (χ0v) is 13.3. The van der Waals surface area contributed by atoms with Crippen molar-refractivity contribution in [1.82, 2.24) is 24.3 Å². The molecule has 0 bridgehead atoms. The largest absolute Gasteiger partial charge is 0.319 e. The molecule has 0 radical (unpaired) electrons. The third-order valence-corrected chi connectivity index (χ3v) is 3.98. The molecule has 0 N–H and O–H groups in total. The number of aryl methyl sites for hydroxylation is 1. The Kier molecular flexibility index (Phi) is 3.76. The van der Waals surface area contributed by atoms with Crippen LogP contribution in [0.4, 0.5) is 0 Å². The molecule has 7 heteroatoms. The number of rotatable bonds is 4. The SMILES string of the molecule is CCn1cnnc1Cn1c(CCl)nc2ccc(Br)cc21. The minimum absolute atomic E-state index is 0.368. The molecule has 0 spiro atoms. The fourth-order valence-corrected chi connectivity index (χ4v) is 2.78. The van der Waals surface area contributed by atoms with Crippen molar-refractivity contribution in [2.24, 2.45) is 0 Å². The van der Waals surface area contributed by atoms with Crippen molar-refractivity contribution in [2.45, 2.75) is 25.9 Å². The lowest BCUT2D eigenvalue weighted by atomic mass is 10.3. The van der Waals surface area contributed by atoms with Crippen LogP contribution in [0.3, 0.4) is 0 Å². The second-order valence-corrected chi connectivity index (χ2v) is 5.60. The van der Waals surface area contributed by atoms with Crippen LogP contribution in [0.25, 0.3) is 11.0 Å². The van der Waals surface area contributed by atoms with Crippen molar-refractivity contribution >= 4 is 38.6 Å². The van der Waals surface area contributed by atoms with Gasteiger partial charge in [0.05, 0.1) is 23.5 Å². The van der Waals surface area contributed by atoms with Crippen LogP contribution in [0, 0.1) is 0 Å². The minimum atomic E-state index is 0.368. The average Bonchev–Trinajstić information content (AvgIpc) is 3.04. The number of halogens is 2. The summed E-state index contributed by atoms with van der Waals surface area (Å²) >= 11 is 9.52. The maximum atomic E-state index is 6.02. The van der Waals surface area contributed by atoms with Crippen molar-refractivity contribution < 1.29 is 0 Å². The molecule has 3 aromatic rings. The molecule has 0 atom stereocenters. The fraction of sp³-hybridized carbons (Fsp3) is 0.308. The number of nitrogens with zero attached hydrogens (tertiary/aromatic N) is 5. The first-order chi connectivity index (χ1) is 9.72. The molecule has 0 amide bonds. The van der Waals surface area contributed by atoms with E-state index in [4.69, 9.17) is 11.6 Å². The van der Waals surface area contributed by atoms with Crippen molar-refractivity contribution in [3.05, 3.63) is 40.6 Å². The highest BCUT2D eigenvalue weighted by molar-refractivity contribution is 9.10. The smallest absolute Gasteiger partial charge is 0.152 e. The van der Waals surface area contributed by atoms with Crippen LogP contribution < -0.4 is 0 Å². The van der Waals surface area contributed by atoms with E-state index in [0.717, 1.165) is 33.7 Å². The molecule has 0 fully saturated rings. The van der Waals surface area contributed by atoms with E-state index in [-0.39, 0.29) is 0 Å². The van der Waals surface area contributed by atoms with Crippen LogP contribution >= 0.6 is 27.5 Å². The topological polar surface area (TPSA) is 48.5 Å². The Morgan fingerprint density at radius 3 is 2.90 bits per heavy atom. The number of imidazole rings is 1. The maximum absolute atomic E-state index is 6.02. The first kappa shape index (κ1) is 13.6. The molecule has 2 aromatic heterocycles. The van der Waals surface area contributed by atoms with Gasteiger partial charge in [-0.15, -0.1) is 21.8 Å². The second kappa shape index (κ2) is 5.54. The lowest BCUT2D eigenvalue weighted by Gasteiger charge is -2.08. The number of aromatic nitrogens is 5. The summed E-state index contributed by atoms with van der Waals surface area (Å²) in [4.78, 5) is 4.56. The summed E-state index contributed by atoms with van der Waals surface area (Å²) in [5, 5.41) is 8.14. The van der Waals surface area contributed by atoms with Crippen molar-refractivity contribution in [1.29, 1.82) is 0 Å². The quantitative estimate of drug-likeness (QED) is 0.676. The van der Waals surface area contributed by atoms with E-state index >= 15 is 0 Å². The molecule has 0 aliphatic rings. The molecule has 0 aliphatic carbocycles. The van der Waals surface area contributed by atoms with Gasteiger partial charge in [-0.05, 0) is 25.1 Å². The molecule has 0 aliphatic heterocycles. The first-order valence-corrected chi connectivity index (χ1v) is 7.63. The number of hydrogen-bond donors (Lipinski definition) is 0. The molecule has 0 saturated heterocycles. The summed E-state index contributed by atoms with van der Waals surface area (Å²) in [6.45, 7) is 3.52. The van der Waals surface area contributed by atoms with Gasteiger partial charge in [-0.25, -0.2) is 4.98 Å². The number of fused-ring (bicyclic) bond motifs is 1. The van der Waals surface area contributed by atoms with Gasteiger partial charge in [-0.1, -0.05) is 15.9 Å². The Morgan fingerprint density at radius 2 is 2.15 bits per heavy atom. The molecule has 3 rings (SSSR count). The normalized spacial score (nSPS) is 11.3. The lowest BCUT2D eigenvalue weighted by molar-refractivity contribution is 0.648. The molecule has 20 heavy (non-hydrogen) atoms. The van der Waals surface area contributed by atoms with Gasteiger partial charge in [-0.3, -0.25) is 0 Å². The minimum Gasteiger partial charge on any atom is -0.319 e. The highest BCUT2D eigenvalue weighted by atomic mass is 79.9. The molecule has 104 valence electrons.